The number of esters is 2. The highest BCUT2D eigenvalue weighted by atomic mass is 16.6. The van der Waals surface area contributed by atoms with Gasteiger partial charge < -0.3 is 14.2 Å². The van der Waals surface area contributed by atoms with Crippen molar-refractivity contribution in [2.75, 3.05) is 19.8 Å². The Hall–Kier alpha value is -2.04. The molecule has 0 heterocycles. The summed E-state index contributed by atoms with van der Waals surface area (Å²) in [6.45, 7) is 4.41. The summed E-state index contributed by atoms with van der Waals surface area (Å²) >= 11 is 0. The maximum absolute atomic E-state index is 12.2. The number of benzene rings is 1. The second-order valence-corrected chi connectivity index (χ2v) is 8.32. The van der Waals surface area contributed by atoms with Crippen molar-refractivity contribution in [1.29, 1.82) is 0 Å². The molecular formula is C27H44O5. The van der Waals surface area contributed by atoms with E-state index in [1.807, 2.05) is 6.07 Å². The van der Waals surface area contributed by atoms with E-state index in [-0.39, 0.29) is 13.2 Å². The summed E-state index contributed by atoms with van der Waals surface area (Å²) in [6, 6.07) is 6.97. The number of para-hydroxylation sites is 1. The minimum Gasteiger partial charge on any atom is -0.493 e. The summed E-state index contributed by atoms with van der Waals surface area (Å²) in [6.07, 6.45) is 18.4. The number of carbonyl (C=O) groups is 2. The van der Waals surface area contributed by atoms with Crippen LogP contribution in [0.1, 0.15) is 114 Å². The summed E-state index contributed by atoms with van der Waals surface area (Å²) in [5.41, 5.74) is 0.335. The second kappa shape index (κ2) is 19.6. The zero-order valence-electron chi connectivity index (χ0n) is 20.4. The standard InChI is InChI=1S/C27H44O5/c1-3-5-6-7-8-9-10-11-12-13-14-15-16-19-22-31-25-21-18-17-20-24(25)27(29)32-23-26(28)30-4-2/h17-18,20-21H,3-16,19,22-23H2,1-2H3. The predicted molar refractivity (Wildman–Crippen MR) is 129 cm³/mol. The van der Waals surface area contributed by atoms with Crippen LogP contribution in [-0.4, -0.2) is 31.8 Å². The molecule has 0 amide bonds. The topological polar surface area (TPSA) is 61.8 Å². The molecule has 0 aliphatic carbocycles. The fraction of sp³-hybridized carbons (Fsp3) is 0.704. The second-order valence-electron chi connectivity index (χ2n) is 8.32. The molecular weight excluding hydrogens is 404 g/mol. The van der Waals surface area contributed by atoms with Gasteiger partial charge in [-0.25, -0.2) is 9.59 Å². The Kier molecular flexibility index (Phi) is 17.2. The van der Waals surface area contributed by atoms with E-state index in [2.05, 4.69) is 6.92 Å². The van der Waals surface area contributed by atoms with E-state index in [0.29, 0.717) is 17.9 Å². The number of unbranched alkanes of at least 4 members (excludes halogenated alkanes) is 13. The SMILES string of the molecule is CCCCCCCCCCCCCCCCOc1ccccc1C(=O)OCC(=O)OCC. The van der Waals surface area contributed by atoms with Crippen molar-refractivity contribution >= 4 is 11.9 Å². The molecule has 0 aliphatic heterocycles. The molecule has 0 bridgehead atoms. The van der Waals surface area contributed by atoms with Crippen LogP contribution < -0.4 is 4.74 Å². The molecule has 32 heavy (non-hydrogen) atoms. The van der Waals surface area contributed by atoms with E-state index in [0.717, 1.165) is 12.8 Å². The van der Waals surface area contributed by atoms with E-state index in [1.165, 1.54) is 77.0 Å². The molecule has 0 radical (unpaired) electrons. The van der Waals surface area contributed by atoms with Crippen LogP contribution in [-0.2, 0) is 14.3 Å². The normalized spacial score (nSPS) is 10.7. The van der Waals surface area contributed by atoms with Gasteiger partial charge in [0.05, 0.1) is 13.2 Å². The van der Waals surface area contributed by atoms with Crippen LogP contribution in [0.25, 0.3) is 0 Å². The van der Waals surface area contributed by atoms with E-state index >= 15 is 0 Å². The molecule has 0 aliphatic rings. The Morgan fingerprint density at radius 2 is 1.22 bits per heavy atom. The molecule has 0 fully saturated rings. The first-order valence-electron chi connectivity index (χ1n) is 12.7. The molecule has 1 aromatic rings. The smallest absolute Gasteiger partial charge is 0.344 e. The summed E-state index contributed by atoms with van der Waals surface area (Å²) in [5, 5.41) is 0. The van der Waals surface area contributed by atoms with Crippen molar-refractivity contribution in [3.63, 3.8) is 0 Å². The van der Waals surface area contributed by atoms with Gasteiger partial charge in [-0.2, -0.15) is 0 Å². The van der Waals surface area contributed by atoms with Gasteiger partial charge in [0.15, 0.2) is 6.61 Å². The first-order chi connectivity index (χ1) is 15.7. The quantitative estimate of drug-likeness (QED) is 0.155. The lowest BCUT2D eigenvalue weighted by atomic mass is 10.0. The van der Waals surface area contributed by atoms with Crippen molar-refractivity contribution < 1.29 is 23.8 Å². The van der Waals surface area contributed by atoms with Gasteiger partial charge in [0.1, 0.15) is 11.3 Å². The molecule has 0 saturated carbocycles. The van der Waals surface area contributed by atoms with Crippen molar-refractivity contribution in [3.05, 3.63) is 29.8 Å². The number of ether oxygens (including phenoxy) is 3. The molecule has 1 rings (SSSR count). The molecule has 0 spiro atoms. The van der Waals surface area contributed by atoms with Crippen LogP contribution >= 0.6 is 0 Å². The van der Waals surface area contributed by atoms with E-state index < -0.39 is 11.9 Å². The molecule has 182 valence electrons. The third-order valence-corrected chi connectivity index (χ3v) is 5.49. The Morgan fingerprint density at radius 3 is 1.78 bits per heavy atom. The monoisotopic (exact) mass is 448 g/mol. The van der Waals surface area contributed by atoms with Crippen LogP contribution in [0.4, 0.5) is 0 Å². The first-order valence-corrected chi connectivity index (χ1v) is 12.7. The average Bonchev–Trinajstić information content (AvgIpc) is 2.80. The lowest BCUT2D eigenvalue weighted by Crippen LogP contribution is -2.17. The van der Waals surface area contributed by atoms with Crippen LogP contribution in [0.15, 0.2) is 24.3 Å². The Labute approximate surface area is 195 Å². The van der Waals surface area contributed by atoms with Gasteiger partial charge in [-0.1, -0.05) is 103 Å². The Bertz CT molecular complexity index is 614. The third-order valence-electron chi connectivity index (χ3n) is 5.49. The van der Waals surface area contributed by atoms with Gasteiger partial charge in [-0.15, -0.1) is 0 Å². The fourth-order valence-corrected chi connectivity index (χ4v) is 3.64. The first kappa shape index (κ1) is 28.0. The summed E-state index contributed by atoms with van der Waals surface area (Å²) in [5.74, 6) is -0.632. The number of rotatable bonds is 20. The molecule has 1 aromatic carbocycles. The largest absolute Gasteiger partial charge is 0.493 e. The Morgan fingerprint density at radius 1 is 0.688 bits per heavy atom. The molecule has 0 unspecified atom stereocenters. The van der Waals surface area contributed by atoms with Gasteiger partial charge >= 0.3 is 11.9 Å². The van der Waals surface area contributed by atoms with Crippen molar-refractivity contribution in [1.82, 2.24) is 0 Å². The number of hydrogen-bond acceptors (Lipinski definition) is 5. The van der Waals surface area contributed by atoms with Gasteiger partial charge in [0.2, 0.25) is 0 Å². The van der Waals surface area contributed by atoms with Crippen molar-refractivity contribution in [2.45, 2.75) is 104 Å². The maximum Gasteiger partial charge on any atom is 0.344 e. The lowest BCUT2D eigenvalue weighted by Gasteiger charge is -2.11. The van der Waals surface area contributed by atoms with Crippen LogP contribution in [0, 0.1) is 0 Å². The van der Waals surface area contributed by atoms with Gasteiger partial charge in [-0.05, 0) is 25.5 Å². The van der Waals surface area contributed by atoms with Crippen LogP contribution in [0.2, 0.25) is 0 Å². The fourth-order valence-electron chi connectivity index (χ4n) is 3.64. The minimum absolute atomic E-state index is 0.259. The Balaban J connectivity index is 2.06. The predicted octanol–water partition coefficient (Wildman–Crippen LogP) is 7.27. The minimum atomic E-state index is -0.574. The third kappa shape index (κ3) is 14.1. The molecule has 5 nitrogen and oxygen atoms in total. The molecule has 0 N–H and O–H groups in total. The summed E-state index contributed by atoms with van der Waals surface area (Å²) in [7, 11) is 0. The van der Waals surface area contributed by atoms with Gasteiger partial charge in [0.25, 0.3) is 0 Å². The summed E-state index contributed by atoms with van der Waals surface area (Å²) in [4.78, 5) is 23.6. The van der Waals surface area contributed by atoms with E-state index in [1.54, 1.807) is 25.1 Å². The van der Waals surface area contributed by atoms with Crippen molar-refractivity contribution in [3.8, 4) is 5.75 Å². The maximum atomic E-state index is 12.2. The van der Waals surface area contributed by atoms with Gasteiger partial charge in [-0.3, -0.25) is 0 Å². The van der Waals surface area contributed by atoms with Gasteiger partial charge in [0, 0.05) is 0 Å². The lowest BCUT2D eigenvalue weighted by molar-refractivity contribution is -0.146. The molecule has 0 aromatic heterocycles. The average molecular weight is 449 g/mol. The zero-order chi connectivity index (χ0) is 23.3. The highest BCUT2D eigenvalue weighted by Crippen LogP contribution is 2.20. The van der Waals surface area contributed by atoms with Crippen LogP contribution in [0.5, 0.6) is 5.75 Å². The van der Waals surface area contributed by atoms with E-state index in [4.69, 9.17) is 14.2 Å². The van der Waals surface area contributed by atoms with E-state index in [9.17, 15) is 9.59 Å². The number of hydrogen-bond donors (Lipinski definition) is 0. The van der Waals surface area contributed by atoms with Crippen molar-refractivity contribution in [2.24, 2.45) is 0 Å². The van der Waals surface area contributed by atoms with Crippen LogP contribution in [0.3, 0.4) is 0 Å². The highest BCUT2D eigenvalue weighted by Gasteiger charge is 2.15. The molecule has 5 heteroatoms. The summed E-state index contributed by atoms with van der Waals surface area (Å²) < 4.78 is 15.6. The number of carbonyl (C=O) groups excluding carboxylic acids is 2. The molecule has 0 saturated heterocycles. The highest BCUT2D eigenvalue weighted by molar-refractivity contribution is 5.93. The molecule has 0 atom stereocenters. The zero-order valence-corrected chi connectivity index (χ0v) is 20.4.